The lowest BCUT2D eigenvalue weighted by atomic mass is 9.64. The predicted octanol–water partition coefficient (Wildman–Crippen LogP) is 5.17. The van der Waals surface area contributed by atoms with Crippen molar-refractivity contribution < 1.29 is 18.8 Å². The summed E-state index contributed by atoms with van der Waals surface area (Å²) >= 11 is 0. The van der Waals surface area contributed by atoms with Gasteiger partial charge in [-0.2, -0.15) is 0 Å². The zero-order valence-corrected chi connectivity index (χ0v) is 15.7. The molecule has 4 rings (SSSR count). The van der Waals surface area contributed by atoms with Crippen LogP contribution in [0.25, 0.3) is 0 Å². The minimum Gasteiger partial charge on any atom is -0.299 e. The van der Waals surface area contributed by atoms with Crippen molar-refractivity contribution in [2.75, 3.05) is 0 Å². The summed E-state index contributed by atoms with van der Waals surface area (Å²) in [4.78, 5) is 37.7. The average Bonchev–Trinajstić information content (AvgIpc) is 2.93. The van der Waals surface area contributed by atoms with Crippen LogP contribution in [0, 0.1) is 29.5 Å². The molecule has 3 nitrogen and oxygen atoms in total. The molecule has 0 radical (unpaired) electrons. The highest BCUT2D eigenvalue weighted by Crippen LogP contribution is 2.44. The van der Waals surface area contributed by atoms with Crippen molar-refractivity contribution in [3.63, 3.8) is 0 Å². The number of halogens is 1. The maximum Gasteiger partial charge on any atom is 0.177 e. The van der Waals surface area contributed by atoms with E-state index < -0.39 is 17.5 Å². The van der Waals surface area contributed by atoms with Crippen molar-refractivity contribution in [3.8, 4) is 0 Å². The summed E-state index contributed by atoms with van der Waals surface area (Å²) < 4.78 is 13.9. The van der Waals surface area contributed by atoms with Gasteiger partial charge >= 0.3 is 0 Å². The van der Waals surface area contributed by atoms with Gasteiger partial charge in [-0.05, 0) is 43.6 Å². The number of benzene rings is 1. The fourth-order valence-electron chi connectivity index (χ4n) is 5.73. The van der Waals surface area contributed by atoms with Crippen LogP contribution in [-0.4, -0.2) is 17.3 Å². The molecule has 0 spiro atoms. The number of ketones is 3. The number of carbonyl (C=O) groups excluding carboxylic acids is 3. The SMILES string of the molecule is O=C1c2cccc(F)c2C(=O)C1CCCC(=O)C1CCCC2CCCCC21. The van der Waals surface area contributed by atoms with Gasteiger partial charge in [0.15, 0.2) is 11.6 Å². The molecule has 2 fully saturated rings. The molecule has 2 saturated carbocycles. The molecule has 3 aliphatic carbocycles. The Morgan fingerprint density at radius 3 is 2.59 bits per heavy atom. The fraction of sp³-hybridized carbons (Fsp3) is 0.609. The zero-order chi connectivity index (χ0) is 19.0. The van der Waals surface area contributed by atoms with Gasteiger partial charge in [0, 0.05) is 17.9 Å². The highest BCUT2D eigenvalue weighted by Gasteiger charge is 2.41. The van der Waals surface area contributed by atoms with Crippen molar-refractivity contribution >= 4 is 17.3 Å². The van der Waals surface area contributed by atoms with E-state index in [-0.39, 0.29) is 22.8 Å². The van der Waals surface area contributed by atoms with Crippen LogP contribution in [0.15, 0.2) is 18.2 Å². The van der Waals surface area contributed by atoms with Gasteiger partial charge in [-0.1, -0.05) is 44.2 Å². The van der Waals surface area contributed by atoms with Crippen LogP contribution in [0.5, 0.6) is 0 Å². The molecule has 4 atom stereocenters. The van der Waals surface area contributed by atoms with Gasteiger partial charge < -0.3 is 0 Å². The number of hydrogen-bond acceptors (Lipinski definition) is 3. The Bertz CT molecular complexity index is 767. The van der Waals surface area contributed by atoms with Crippen LogP contribution in [-0.2, 0) is 4.79 Å². The minimum atomic E-state index is -0.807. The van der Waals surface area contributed by atoms with Gasteiger partial charge in [-0.25, -0.2) is 4.39 Å². The monoisotopic (exact) mass is 370 g/mol. The van der Waals surface area contributed by atoms with E-state index in [0.717, 1.165) is 18.8 Å². The summed E-state index contributed by atoms with van der Waals surface area (Å²) in [7, 11) is 0. The molecular weight excluding hydrogens is 343 g/mol. The summed E-state index contributed by atoms with van der Waals surface area (Å²) in [5, 5.41) is 0. The summed E-state index contributed by atoms with van der Waals surface area (Å²) in [5.74, 6) is -0.363. The Kier molecular flexibility index (Phi) is 5.25. The van der Waals surface area contributed by atoms with Crippen molar-refractivity contribution in [2.45, 2.75) is 64.2 Å². The maximum atomic E-state index is 13.9. The van der Waals surface area contributed by atoms with E-state index in [0.29, 0.717) is 31.0 Å². The first kappa shape index (κ1) is 18.5. The van der Waals surface area contributed by atoms with E-state index in [4.69, 9.17) is 0 Å². The van der Waals surface area contributed by atoms with Crippen molar-refractivity contribution in [1.29, 1.82) is 0 Å². The van der Waals surface area contributed by atoms with E-state index in [1.165, 1.54) is 50.3 Å². The normalized spacial score (nSPS) is 30.1. The van der Waals surface area contributed by atoms with Gasteiger partial charge in [-0.3, -0.25) is 14.4 Å². The van der Waals surface area contributed by atoms with Crippen LogP contribution in [0.2, 0.25) is 0 Å². The number of rotatable bonds is 5. The van der Waals surface area contributed by atoms with E-state index in [1.54, 1.807) is 0 Å². The summed E-state index contributed by atoms with van der Waals surface area (Å²) in [6.07, 6.45) is 9.70. The predicted molar refractivity (Wildman–Crippen MR) is 100 cm³/mol. The van der Waals surface area contributed by atoms with Crippen LogP contribution >= 0.6 is 0 Å². The largest absolute Gasteiger partial charge is 0.299 e. The van der Waals surface area contributed by atoms with E-state index in [2.05, 4.69) is 0 Å². The molecule has 0 aromatic heterocycles. The quantitative estimate of drug-likeness (QED) is 0.672. The van der Waals surface area contributed by atoms with Crippen LogP contribution in [0.3, 0.4) is 0 Å². The third kappa shape index (κ3) is 3.39. The zero-order valence-electron chi connectivity index (χ0n) is 15.7. The molecule has 4 heteroatoms. The van der Waals surface area contributed by atoms with Crippen LogP contribution in [0.1, 0.15) is 84.9 Å². The first-order valence-corrected chi connectivity index (χ1v) is 10.5. The smallest absolute Gasteiger partial charge is 0.177 e. The lowest BCUT2D eigenvalue weighted by Gasteiger charge is -2.40. The van der Waals surface area contributed by atoms with E-state index in [1.807, 2.05) is 0 Å². The number of Topliss-reactive ketones (excluding diaryl/α,β-unsaturated/α-hetero) is 3. The molecule has 1 aromatic carbocycles. The number of carbonyl (C=O) groups is 3. The average molecular weight is 370 g/mol. The second-order valence-corrected chi connectivity index (χ2v) is 8.55. The molecule has 27 heavy (non-hydrogen) atoms. The molecule has 0 amide bonds. The summed E-state index contributed by atoms with van der Waals surface area (Å²) in [5.41, 5.74) is 0.143. The lowest BCUT2D eigenvalue weighted by molar-refractivity contribution is -0.127. The molecule has 4 unspecified atom stereocenters. The topological polar surface area (TPSA) is 51.2 Å². The third-order valence-corrected chi connectivity index (χ3v) is 7.06. The van der Waals surface area contributed by atoms with E-state index in [9.17, 15) is 18.8 Å². The Morgan fingerprint density at radius 1 is 1.00 bits per heavy atom. The van der Waals surface area contributed by atoms with Crippen LogP contribution < -0.4 is 0 Å². The summed E-state index contributed by atoms with van der Waals surface area (Å²) in [6, 6.07) is 4.21. The van der Waals surface area contributed by atoms with E-state index >= 15 is 0 Å². The van der Waals surface area contributed by atoms with Gasteiger partial charge in [0.05, 0.1) is 11.5 Å². The minimum absolute atomic E-state index is 0.0591. The molecule has 0 heterocycles. The van der Waals surface area contributed by atoms with Gasteiger partial charge in [0.25, 0.3) is 0 Å². The Balaban J connectivity index is 1.35. The standard InChI is InChI=1S/C23H27FO3/c24-19-12-4-10-17-21(19)23(27)18(22(17)26)11-5-13-20(25)16-9-3-7-14-6-1-2-8-15(14)16/h4,10,12,14-16,18H,1-3,5-9,11,13H2. The van der Waals surface area contributed by atoms with Crippen LogP contribution in [0.4, 0.5) is 4.39 Å². The molecular formula is C23H27FO3. The fourth-order valence-corrected chi connectivity index (χ4v) is 5.73. The Labute approximate surface area is 159 Å². The van der Waals surface area contributed by atoms with Gasteiger partial charge in [0.1, 0.15) is 11.6 Å². The molecule has 3 aliphatic rings. The second kappa shape index (κ2) is 7.65. The second-order valence-electron chi connectivity index (χ2n) is 8.55. The number of hydrogen-bond donors (Lipinski definition) is 0. The molecule has 0 bridgehead atoms. The van der Waals surface area contributed by atoms with Crippen molar-refractivity contribution in [2.24, 2.45) is 23.7 Å². The lowest BCUT2D eigenvalue weighted by Crippen LogP contribution is -2.35. The van der Waals surface area contributed by atoms with Gasteiger partial charge in [0.2, 0.25) is 0 Å². The molecule has 0 aliphatic heterocycles. The first-order valence-electron chi connectivity index (χ1n) is 10.5. The highest BCUT2D eigenvalue weighted by molar-refractivity contribution is 6.26. The summed E-state index contributed by atoms with van der Waals surface area (Å²) in [6.45, 7) is 0. The Hall–Kier alpha value is -1.84. The Morgan fingerprint density at radius 2 is 1.78 bits per heavy atom. The van der Waals surface area contributed by atoms with Gasteiger partial charge in [-0.15, -0.1) is 0 Å². The maximum absolute atomic E-state index is 13.9. The molecule has 0 N–H and O–H groups in total. The molecule has 144 valence electrons. The molecule has 0 saturated heterocycles. The van der Waals surface area contributed by atoms with Crippen molar-refractivity contribution in [1.82, 2.24) is 0 Å². The molecule has 1 aromatic rings. The highest BCUT2D eigenvalue weighted by atomic mass is 19.1. The first-order chi connectivity index (χ1) is 13.1. The third-order valence-electron chi connectivity index (χ3n) is 7.06. The van der Waals surface area contributed by atoms with Crippen molar-refractivity contribution in [3.05, 3.63) is 35.1 Å². The number of fused-ring (bicyclic) bond motifs is 2.